The molecule has 0 saturated heterocycles. The molecule has 1 atom stereocenters. The summed E-state index contributed by atoms with van der Waals surface area (Å²) in [4.78, 5) is 38.4. The predicted molar refractivity (Wildman–Crippen MR) is 358 cm³/mol. The topological polar surface area (TPSA) is 78.9 Å². The number of hydrogen-bond acceptors (Lipinski definition) is 6. The molecule has 0 spiro atoms. The van der Waals surface area contributed by atoms with E-state index in [-0.39, 0.29) is 31.1 Å². The normalized spacial score (nSPS) is 12.5. The van der Waals surface area contributed by atoms with E-state index in [0.717, 1.165) is 96.3 Å². The summed E-state index contributed by atoms with van der Waals surface area (Å²) in [6, 6.07) is 0. The molecule has 0 saturated carbocycles. The third-order valence-corrected chi connectivity index (χ3v) is 15.9. The molecule has 6 heteroatoms. The molecular formula is C76H136O6. The summed E-state index contributed by atoms with van der Waals surface area (Å²) in [7, 11) is 0. The van der Waals surface area contributed by atoms with Crippen molar-refractivity contribution in [3.05, 3.63) is 72.9 Å². The maximum absolute atomic E-state index is 12.9. The summed E-state index contributed by atoms with van der Waals surface area (Å²) >= 11 is 0. The first-order chi connectivity index (χ1) is 40.5. The van der Waals surface area contributed by atoms with Gasteiger partial charge in [-0.05, 0) is 89.9 Å². The molecule has 0 aliphatic heterocycles. The summed E-state index contributed by atoms with van der Waals surface area (Å²) in [6.45, 7) is 6.57. The fraction of sp³-hybridized carbons (Fsp3) is 0.803. The maximum atomic E-state index is 12.9. The number of rotatable bonds is 66. The van der Waals surface area contributed by atoms with Gasteiger partial charge >= 0.3 is 17.9 Å². The molecule has 1 unspecified atom stereocenters. The van der Waals surface area contributed by atoms with E-state index in [0.29, 0.717) is 19.3 Å². The first-order valence-electron chi connectivity index (χ1n) is 35.9. The molecule has 0 aliphatic rings. The van der Waals surface area contributed by atoms with Crippen LogP contribution in [0.5, 0.6) is 0 Å². The van der Waals surface area contributed by atoms with Crippen LogP contribution in [0.1, 0.15) is 374 Å². The van der Waals surface area contributed by atoms with Crippen molar-refractivity contribution in [2.24, 2.45) is 0 Å². The highest BCUT2D eigenvalue weighted by atomic mass is 16.6. The van der Waals surface area contributed by atoms with Gasteiger partial charge in [0.1, 0.15) is 13.2 Å². The molecule has 0 aliphatic carbocycles. The molecule has 0 fully saturated rings. The van der Waals surface area contributed by atoms with Crippen molar-refractivity contribution in [2.45, 2.75) is 380 Å². The number of carbonyl (C=O) groups is 3. The van der Waals surface area contributed by atoms with Crippen LogP contribution in [0.2, 0.25) is 0 Å². The Morgan fingerprint density at radius 3 is 0.756 bits per heavy atom. The molecule has 0 aromatic carbocycles. The van der Waals surface area contributed by atoms with E-state index >= 15 is 0 Å². The fourth-order valence-electron chi connectivity index (χ4n) is 10.6. The van der Waals surface area contributed by atoms with Crippen LogP contribution in [0.4, 0.5) is 0 Å². The third kappa shape index (κ3) is 67.6. The van der Waals surface area contributed by atoms with Gasteiger partial charge in [0.05, 0.1) is 0 Å². The van der Waals surface area contributed by atoms with Gasteiger partial charge in [0.25, 0.3) is 0 Å². The average Bonchev–Trinajstić information content (AvgIpc) is 3.47. The summed E-state index contributed by atoms with van der Waals surface area (Å²) < 4.78 is 17.0. The van der Waals surface area contributed by atoms with Crippen molar-refractivity contribution in [1.29, 1.82) is 0 Å². The number of ether oxygens (including phenoxy) is 3. The zero-order valence-corrected chi connectivity index (χ0v) is 54.8. The number of carbonyl (C=O) groups excluding carboxylic acids is 3. The summed E-state index contributed by atoms with van der Waals surface area (Å²) in [5.41, 5.74) is 0. The Hall–Kier alpha value is -3.15. The number of allylic oxidation sites excluding steroid dienone is 12. The van der Waals surface area contributed by atoms with Crippen molar-refractivity contribution in [2.75, 3.05) is 13.2 Å². The van der Waals surface area contributed by atoms with E-state index in [9.17, 15) is 14.4 Å². The second-order valence-electron chi connectivity index (χ2n) is 24.1. The monoisotopic (exact) mass is 1150 g/mol. The molecule has 0 aromatic heterocycles. The molecule has 0 bridgehead atoms. The molecule has 0 heterocycles. The van der Waals surface area contributed by atoms with Gasteiger partial charge in [-0.25, -0.2) is 0 Å². The minimum atomic E-state index is -0.775. The van der Waals surface area contributed by atoms with Gasteiger partial charge in [-0.3, -0.25) is 14.4 Å². The molecule has 0 aromatic rings. The lowest BCUT2D eigenvalue weighted by molar-refractivity contribution is -0.167. The quantitative estimate of drug-likeness (QED) is 0.0261. The van der Waals surface area contributed by atoms with Gasteiger partial charge in [-0.2, -0.15) is 0 Å². The van der Waals surface area contributed by atoms with E-state index in [1.54, 1.807) is 0 Å². The van der Waals surface area contributed by atoms with Gasteiger partial charge in [0.15, 0.2) is 6.10 Å². The highest BCUT2D eigenvalue weighted by Gasteiger charge is 2.19. The van der Waals surface area contributed by atoms with Crippen LogP contribution in [-0.2, 0) is 28.6 Å². The van der Waals surface area contributed by atoms with Crippen molar-refractivity contribution in [1.82, 2.24) is 0 Å². The van der Waals surface area contributed by atoms with Crippen LogP contribution in [0.3, 0.4) is 0 Å². The average molecular weight is 1150 g/mol. The van der Waals surface area contributed by atoms with Gasteiger partial charge in [-0.15, -0.1) is 0 Å². The first kappa shape index (κ1) is 78.8. The number of hydrogen-bond donors (Lipinski definition) is 0. The largest absolute Gasteiger partial charge is 0.462 e. The first-order valence-corrected chi connectivity index (χ1v) is 35.9. The zero-order chi connectivity index (χ0) is 59.2. The van der Waals surface area contributed by atoms with Crippen LogP contribution in [-0.4, -0.2) is 37.2 Å². The van der Waals surface area contributed by atoms with Gasteiger partial charge in [0, 0.05) is 19.3 Å². The van der Waals surface area contributed by atoms with E-state index in [4.69, 9.17) is 14.2 Å². The smallest absolute Gasteiger partial charge is 0.306 e. The SMILES string of the molecule is CC/C=C\C/C=C\C/C=C\C/C=C\C/C=C\CCCCCCCCCCCCCCCCCCCC(=O)OCC(COC(=O)CCCCCCC/C=C\CCCCCCCC)OC(=O)CCCCCCCCCCCCCCCCCC. The highest BCUT2D eigenvalue weighted by Crippen LogP contribution is 2.18. The summed E-state index contributed by atoms with van der Waals surface area (Å²) in [5, 5.41) is 0. The second-order valence-corrected chi connectivity index (χ2v) is 24.1. The Morgan fingerprint density at radius 2 is 0.476 bits per heavy atom. The third-order valence-electron chi connectivity index (χ3n) is 15.9. The molecular weight excluding hydrogens is 1010 g/mol. The van der Waals surface area contributed by atoms with Gasteiger partial charge in [-0.1, -0.05) is 338 Å². The Kier molecular flexibility index (Phi) is 67.6. The highest BCUT2D eigenvalue weighted by molar-refractivity contribution is 5.71. The summed E-state index contributed by atoms with van der Waals surface area (Å²) in [5.74, 6) is -0.855. The Morgan fingerprint density at radius 1 is 0.256 bits per heavy atom. The van der Waals surface area contributed by atoms with Crippen LogP contribution < -0.4 is 0 Å². The molecule has 0 N–H and O–H groups in total. The molecule has 82 heavy (non-hydrogen) atoms. The van der Waals surface area contributed by atoms with E-state index in [1.165, 1.54) is 238 Å². The van der Waals surface area contributed by atoms with Crippen molar-refractivity contribution in [3.8, 4) is 0 Å². The van der Waals surface area contributed by atoms with Crippen LogP contribution in [0.15, 0.2) is 72.9 Å². The predicted octanol–water partition coefficient (Wildman–Crippen LogP) is 24.8. The van der Waals surface area contributed by atoms with Crippen LogP contribution in [0, 0.1) is 0 Å². The fourth-order valence-corrected chi connectivity index (χ4v) is 10.6. The van der Waals surface area contributed by atoms with E-state index in [1.807, 2.05) is 0 Å². The van der Waals surface area contributed by atoms with Crippen molar-refractivity contribution < 1.29 is 28.6 Å². The minimum Gasteiger partial charge on any atom is -0.462 e. The molecule has 0 radical (unpaired) electrons. The van der Waals surface area contributed by atoms with E-state index in [2.05, 4.69) is 93.7 Å². The number of unbranched alkanes of at least 4 members (excludes halogenated alkanes) is 43. The standard InChI is InChI=1S/C76H136O6/c1-4-7-10-13-16-19-22-25-28-30-31-32-33-34-35-36-37-38-39-40-41-42-43-44-45-46-49-51-54-57-60-63-66-69-75(78)81-72-73(71-80-74(77)68-65-62-59-56-53-50-47-27-24-21-18-15-12-9-6-3)82-76(79)70-67-64-61-58-55-52-48-29-26-23-20-17-14-11-8-5-2/h7,10,16,19,25,27-28,31-32,34-35,47,73H,4-6,8-9,11-15,17-18,20-24,26,29-30,33,36-46,48-72H2,1-3H3/b10-7-,19-16-,28-25-,32-31-,35-34-,47-27-. The van der Waals surface area contributed by atoms with Crippen molar-refractivity contribution in [3.63, 3.8) is 0 Å². The number of esters is 3. The van der Waals surface area contributed by atoms with Crippen LogP contribution in [0.25, 0.3) is 0 Å². The van der Waals surface area contributed by atoms with Crippen molar-refractivity contribution >= 4 is 17.9 Å². The van der Waals surface area contributed by atoms with Gasteiger partial charge < -0.3 is 14.2 Å². The molecule has 476 valence electrons. The van der Waals surface area contributed by atoms with E-state index < -0.39 is 6.10 Å². The molecule has 6 nitrogen and oxygen atoms in total. The second kappa shape index (κ2) is 70.3. The molecule has 0 rings (SSSR count). The Labute approximate surface area is 510 Å². The van der Waals surface area contributed by atoms with Crippen LogP contribution >= 0.6 is 0 Å². The molecule has 0 amide bonds. The van der Waals surface area contributed by atoms with Gasteiger partial charge in [0.2, 0.25) is 0 Å². The maximum Gasteiger partial charge on any atom is 0.306 e. The Balaban J connectivity index is 4.17. The lowest BCUT2D eigenvalue weighted by Crippen LogP contribution is -2.30. The summed E-state index contributed by atoms with van der Waals surface area (Å²) in [6.07, 6.45) is 92.2. The lowest BCUT2D eigenvalue weighted by Gasteiger charge is -2.18. The Bertz CT molecular complexity index is 1500. The minimum absolute atomic E-state index is 0.0717. The lowest BCUT2D eigenvalue weighted by atomic mass is 10.0. The zero-order valence-electron chi connectivity index (χ0n) is 54.8.